The molecule has 9 heteroatoms. The molecule has 0 amide bonds. The first-order valence-corrected chi connectivity index (χ1v) is 10.2. The van der Waals surface area contributed by atoms with Crippen molar-refractivity contribution in [3.8, 4) is 29.7 Å². The lowest BCUT2D eigenvalue weighted by molar-refractivity contribution is -0.114. The lowest BCUT2D eigenvalue weighted by Gasteiger charge is -2.09. The minimum Gasteiger partial charge on any atom is -0.493 e. The van der Waals surface area contributed by atoms with Crippen molar-refractivity contribution in [3.05, 3.63) is 50.2 Å². The molecule has 0 saturated carbocycles. The van der Waals surface area contributed by atoms with Crippen LogP contribution in [0, 0.1) is 40.9 Å². The summed E-state index contributed by atoms with van der Waals surface area (Å²) in [6, 6.07) is 10.5. The highest BCUT2D eigenvalue weighted by atomic mass is 32.1. The van der Waals surface area contributed by atoms with E-state index in [1.165, 1.54) is 13.2 Å². The van der Waals surface area contributed by atoms with Crippen LogP contribution in [0.1, 0.15) is 38.2 Å². The maximum absolute atomic E-state index is 12.8. The Balaban J connectivity index is 2.33. The number of nitrogens with zero attached hydrogens (tertiary/aromatic N) is 3. The molecule has 2 rings (SSSR count). The van der Waals surface area contributed by atoms with Gasteiger partial charge in [-0.2, -0.15) is 15.8 Å². The lowest BCUT2D eigenvalue weighted by atomic mass is 10.0. The molecule has 0 saturated heterocycles. The molecular weight excluding hydrogens is 430 g/mol. The second-order valence-electron chi connectivity index (χ2n) is 6.31. The number of Topliss-reactive ketones (excluding diaryl/α,β-unsaturated/α-hetero) is 1. The van der Waals surface area contributed by atoms with Gasteiger partial charge in [0.15, 0.2) is 23.9 Å². The summed E-state index contributed by atoms with van der Waals surface area (Å²) < 4.78 is 15.5. The maximum atomic E-state index is 12.8. The number of carbonyl (C=O) groups excluding carboxylic acids is 2. The zero-order chi connectivity index (χ0) is 23.7. The molecule has 32 heavy (non-hydrogen) atoms. The van der Waals surface area contributed by atoms with Crippen LogP contribution in [0.3, 0.4) is 0 Å². The maximum Gasteiger partial charge on any atom is 0.348 e. The third-order valence-corrected chi connectivity index (χ3v) is 5.60. The molecule has 0 atom stereocenters. The number of hydrogen-bond acceptors (Lipinski definition) is 9. The lowest BCUT2D eigenvalue weighted by Crippen LogP contribution is -2.05. The topological polar surface area (TPSA) is 133 Å². The van der Waals surface area contributed by atoms with E-state index in [2.05, 4.69) is 0 Å². The number of nitriles is 3. The summed E-state index contributed by atoms with van der Waals surface area (Å²) >= 11 is 1.02. The summed E-state index contributed by atoms with van der Waals surface area (Å²) in [5.41, 5.74) is 1.10. The molecule has 1 aromatic carbocycles. The van der Waals surface area contributed by atoms with Gasteiger partial charge in [-0.05, 0) is 43.2 Å². The van der Waals surface area contributed by atoms with E-state index in [0.29, 0.717) is 27.5 Å². The predicted octanol–water partition coefficient (Wildman–Crippen LogP) is 3.73. The quantitative estimate of drug-likeness (QED) is 0.321. The molecule has 0 radical (unpaired) electrons. The summed E-state index contributed by atoms with van der Waals surface area (Å²) in [5.74, 6) is -0.342. The van der Waals surface area contributed by atoms with E-state index in [1.54, 1.807) is 32.0 Å². The van der Waals surface area contributed by atoms with Crippen LogP contribution < -0.4 is 9.47 Å². The zero-order valence-corrected chi connectivity index (χ0v) is 18.5. The van der Waals surface area contributed by atoms with Crippen LogP contribution in [0.2, 0.25) is 0 Å². The molecule has 0 aliphatic rings. The van der Waals surface area contributed by atoms with Gasteiger partial charge in [0.05, 0.1) is 24.9 Å². The van der Waals surface area contributed by atoms with Crippen molar-refractivity contribution in [2.24, 2.45) is 0 Å². The van der Waals surface area contributed by atoms with Crippen molar-refractivity contribution >= 4 is 29.2 Å². The van der Waals surface area contributed by atoms with Crippen LogP contribution in [-0.2, 0) is 16.0 Å². The Morgan fingerprint density at radius 3 is 2.53 bits per heavy atom. The van der Waals surface area contributed by atoms with Crippen molar-refractivity contribution < 1.29 is 23.8 Å². The van der Waals surface area contributed by atoms with Gasteiger partial charge in [-0.1, -0.05) is 6.07 Å². The number of ether oxygens (including phenoxy) is 3. The Hall–Kier alpha value is -4.13. The highest BCUT2D eigenvalue weighted by Gasteiger charge is 2.23. The number of methoxy groups -OCH3 is 1. The van der Waals surface area contributed by atoms with E-state index < -0.39 is 11.8 Å². The summed E-state index contributed by atoms with van der Waals surface area (Å²) in [4.78, 5) is 25.6. The number of carbonyl (C=O) groups is 2. The van der Waals surface area contributed by atoms with Gasteiger partial charge >= 0.3 is 5.97 Å². The normalized spacial score (nSPS) is 10.4. The molecule has 0 spiro atoms. The van der Waals surface area contributed by atoms with Crippen molar-refractivity contribution in [2.75, 3.05) is 20.3 Å². The fourth-order valence-electron chi connectivity index (χ4n) is 2.82. The van der Waals surface area contributed by atoms with Gasteiger partial charge in [-0.25, -0.2) is 4.79 Å². The van der Waals surface area contributed by atoms with Crippen LogP contribution in [-0.4, -0.2) is 32.1 Å². The van der Waals surface area contributed by atoms with Gasteiger partial charge < -0.3 is 14.2 Å². The third-order valence-electron chi connectivity index (χ3n) is 4.33. The average molecular weight is 449 g/mol. The molecule has 1 aromatic heterocycles. The Kier molecular flexibility index (Phi) is 8.53. The van der Waals surface area contributed by atoms with Gasteiger partial charge in [0.1, 0.15) is 23.1 Å². The molecule has 0 fully saturated rings. The van der Waals surface area contributed by atoms with Crippen molar-refractivity contribution in [1.29, 1.82) is 15.8 Å². The highest BCUT2D eigenvalue weighted by Crippen LogP contribution is 2.31. The molecule has 0 aliphatic carbocycles. The molecule has 162 valence electrons. The number of esters is 1. The monoisotopic (exact) mass is 449 g/mol. The second-order valence-corrected chi connectivity index (χ2v) is 7.42. The summed E-state index contributed by atoms with van der Waals surface area (Å²) in [7, 11) is 1.43. The van der Waals surface area contributed by atoms with Crippen LogP contribution in [0.5, 0.6) is 11.5 Å². The molecule has 2 aromatic rings. The van der Waals surface area contributed by atoms with Gasteiger partial charge in [-0.3, -0.25) is 4.79 Å². The fourth-order valence-corrected chi connectivity index (χ4v) is 3.97. The van der Waals surface area contributed by atoms with Gasteiger partial charge in [-0.15, -0.1) is 11.3 Å². The molecule has 0 N–H and O–H groups in total. The number of thiophene rings is 1. The van der Waals surface area contributed by atoms with Gasteiger partial charge in [0.2, 0.25) is 0 Å². The first-order chi connectivity index (χ1) is 15.4. The minimum atomic E-state index is -0.549. The molecule has 0 aliphatic heterocycles. The average Bonchev–Trinajstić information content (AvgIpc) is 3.11. The van der Waals surface area contributed by atoms with Crippen LogP contribution in [0.15, 0.2) is 23.8 Å². The summed E-state index contributed by atoms with van der Waals surface area (Å²) in [6.07, 6.45) is 1.20. The predicted molar refractivity (Wildman–Crippen MR) is 116 cm³/mol. The third kappa shape index (κ3) is 5.51. The number of ketones is 1. The van der Waals surface area contributed by atoms with Crippen molar-refractivity contribution in [1.82, 2.24) is 0 Å². The Labute approximate surface area is 189 Å². The van der Waals surface area contributed by atoms with Crippen LogP contribution in [0.25, 0.3) is 6.08 Å². The summed E-state index contributed by atoms with van der Waals surface area (Å²) in [6.45, 7) is 3.34. The second kappa shape index (κ2) is 11.3. The molecule has 8 nitrogen and oxygen atoms in total. The van der Waals surface area contributed by atoms with E-state index in [4.69, 9.17) is 19.5 Å². The largest absolute Gasteiger partial charge is 0.493 e. The van der Waals surface area contributed by atoms with Gasteiger partial charge in [0, 0.05) is 11.3 Å². The minimum absolute atomic E-state index is 0.120. The number of benzene rings is 1. The first-order valence-electron chi connectivity index (χ1n) is 9.42. The van der Waals surface area contributed by atoms with Crippen molar-refractivity contribution in [2.45, 2.75) is 20.3 Å². The van der Waals surface area contributed by atoms with E-state index >= 15 is 0 Å². The molecule has 1 heterocycles. The Bertz CT molecular complexity index is 1190. The van der Waals surface area contributed by atoms with Crippen LogP contribution >= 0.6 is 11.3 Å². The van der Waals surface area contributed by atoms with E-state index in [0.717, 1.165) is 11.3 Å². The van der Waals surface area contributed by atoms with Gasteiger partial charge in [0.25, 0.3) is 0 Å². The number of rotatable bonds is 9. The smallest absolute Gasteiger partial charge is 0.348 e. The van der Waals surface area contributed by atoms with E-state index in [-0.39, 0.29) is 35.6 Å². The Morgan fingerprint density at radius 1 is 1.19 bits per heavy atom. The highest BCUT2D eigenvalue weighted by molar-refractivity contribution is 7.14. The zero-order valence-electron chi connectivity index (χ0n) is 17.7. The molecular formula is C23H19N3O5S. The Morgan fingerprint density at radius 2 is 1.94 bits per heavy atom. The fraction of sp³-hybridized carbons (Fsp3) is 0.261. The van der Waals surface area contributed by atoms with Crippen molar-refractivity contribution in [3.63, 3.8) is 0 Å². The molecule has 0 unspecified atom stereocenters. The van der Waals surface area contributed by atoms with Crippen LogP contribution in [0.4, 0.5) is 0 Å². The van der Waals surface area contributed by atoms with E-state index in [1.807, 2.05) is 18.2 Å². The molecule has 0 bridgehead atoms. The number of allylic oxidation sites excluding steroid dienone is 1. The SMILES string of the molecule is CCOC(=O)c1sc(CC(=O)/C(C#N)=C/c2ccc(OCC#N)c(OC)c2)c(C#N)c1C. The standard InChI is InChI=1S/C23H19N3O5S/c1-4-30-23(28)22-14(2)17(13-26)21(32-22)11-18(27)16(12-25)9-15-5-6-19(31-8-7-24)20(10-15)29-3/h5-6,9-10H,4,8,11H2,1-3H3/b16-9+. The summed E-state index contributed by atoms with van der Waals surface area (Å²) in [5, 5.41) is 27.6. The number of hydrogen-bond donors (Lipinski definition) is 0. The van der Waals surface area contributed by atoms with E-state index in [9.17, 15) is 20.1 Å². The first kappa shape index (κ1) is 24.1.